The van der Waals surface area contributed by atoms with Crippen LogP contribution in [0.3, 0.4) is 0 Å². The molecule has 0 aliphatic rings. The van der Waals surface area contributed by atoms with Gasteiger partial charge in [-0.2, -0.15) is 0 Å². The molecule has 0 saturated carbocycles. The number of carbonyl (C=O) groups is 1. The monoisotopic (exact) mass is 302 g/mol. The first-order valence-electron chi connectivity index (χ1n) is 7.87. The highest BCUT2D eigenvalue weighted by Crippen LogP contribution is 2.21. The van der Waals surface area contributed by atoms with E-state index in [1.54, 1.807) is 6.92 Å². The zero-order valence-electron chi connectivity index (χ0n) is 13.6. The fourth-order valence-corrected chi connectivity index (χ4v) is 2.88. The number of fused-ring (bicyclic) bond motifs is 1. The predicted molar refractivity (Wildman–Crippen MR) is 89.7 cm³/mol. The molecule has 120 valence electrons. The van der Waals surface area contributed by atoms with E-state index in [0.29, 0.717) is 19.4 Å². The largest absolute Gasteiger partial charge is 0.393 e. The maximum Gasteiger partial charge on any atom is 0.220 e. The number of benzene rings is 1. The average molecular weight is 302 g/mol. The summed E-state index contributed by atoms with van der Waals surface area (Å²) in [7, 11) is 0. The van der Waals surface area contributed by atoms with Gasteiger partial charge < -0.3 is 15.4 Å². The van der Waals surface area contributed by atoms with E-state index in [2.05, 4.69) is 30.2 Å². The number of hydrogen-bond donors (Lipinski definition) is 3. The van der Waals surface area contributed by atoms with Gasteiger partial charge in [0.05, 0.1) is 6.10 Å². The Hall–Kier alpha value is -1.81. The predicted octanol–water partition coefficient (Wildman–Crippen LogP) is 3.01. The molecule has 0 fully saturated rings. The molecule has 1 atom stereocenters. The van der Waals surface area contributed by atoms with E-state index in [4.69, 9.17) is 0 Å². The van der Waals surface area contributed by atoms with Crippen LogP contribution in [-0.4, -0.2) is 28.6 Å². The molecule has 0 radical (unpaired) electrons. The SMILES string of the molecule is CC(O)CC(C)(C)CNC(=O)CCc1c[nH]c2ccccc12. The van der Waals surface area contributed by atoms with Gasteiger partial charge in [0, 0.05) is 30.1 Å². The van der Waals surface area contributed by atoms with Gasteiger partial charge in [-0.1, -0.05) is 32.0 Å². The average Bonchev–Trinajstić information content (AvgIpc) is 2.85. The number of para-hydroxylation sites is 1. The van der Waals surface area contributed by atoms with Crippen molar-refractivity contribution in [2.75, 3.05) is 6.54 Å². The molecule has 4 nitrogen and oxygen atoms in total. The van der Waals surface area contributed by atoms with Gasteiger partial charge in [-0.25, -0.2) is 0 Å². The lowest BCUT2D eigenvalue weighted by atomic mass is 9.87. The van der Waals surface area contributed by atoms with E-state index in [-0.39, 0.29) is 17.4 Å². The number of aryl methyl sites for hydroxylation is 1. The van der Waals surface area contributed by atoms with Crippen LogP contribution in [0, 0.1) is 5.41 Å². The molecule has 3 N–H and O–H groups in total. The zero-order chi connectivity index (χ0) is 16.2. The van der Waals surface area contributed by atoms with Crippen molar-refractivity contribution in [3.63, 3.8) is 0 Å². The summed E-state index contributed by atoms with van der Waals surface area (Å²) in [6.45, 7) is 6.48. The van der Waals surface area contributed by atoms with Gasteiger partial charge in [0.1, 0.15) is 0 Å². The number of amides is 1. The zero-order valence-corrected chi connectivity index (χ0v) is 13.6. The van der Waals surface area contributed by atoms with Gasteiger partial charge in [0.15, 0.2) is 0 Å². The first-order valence-corrected chi connectivity index (χ1v) is 7.87. The third-order valence-electron chi connectivity index (χ3n) is 3.91. The minimum atomic E-state index is -0.349. The molecule has 1 aromatic heterocycles. The second kappa shape index (κ2) is 6.97. The summed E-state index contributed by atoms with van der Waals surface area (Å²) in [5.41, 5.74) is 2.19. The first kappa shape index (κ1) is 16.6. The van der Waals surface area contributed by atoms with E-state index < -0.39 is 0 Å². The van der Waals surface area contributed by atoms with Crippen LogP contribution in [0.4, 0.5) is 0 Å². The highest BCUT2D eigenvalue weighted by Gasteiger charge is 2.21. The van der Waals surface area contributed by atoms with Crippen molar-refractivity contribution < 1.29 is 9.90 Å². The van der Waals surface area contributed by atoms with Gasteiger partial charge in [0.2, 0.25) is 5.91 Å². The van der Waals surface area contributed by atoms with E-state index in [0.717, 1.165) is 11.9 Å². The van der Waals surface area contributed by atoms with Crippen LogP contribution >= 0.6 is 0 Å². The number of H-pyrrole nitrogens is 1. The second-order valence-electron chi connectivity index (χ2n) is 6.85. The van der Waals surface area contributed by atoms with Gasteiger partial charge >= 0.3 is 0 Å². The second-order valence-corrected chi connectivity index (χ2v) is 6.85. The summed E-state index contributed by atoms with van der Waals surface area (Å²) in [5, 5.41) is 13.6. The summed E-state index contributed by atoms with van der Waals surface area (Å²) < 4.78 is 0. The Morgan fingerprint density at radius 2 is 2.09 bits per heavy atom. The fraction of sp³-hybridized carbons (Fsp3) is 0.500. The molecule has 1 aromatic carbocycles. The van der Waals surface area contributed by atoms with Crippen LogP contribution in [0.15, 0.2) is 30.5 Å². The Kier molecular flexibility index (Phi) is 5.24. The standard InChI is InChI=1S/C18H26N2O2/c1-13(21)10-18(2,3)12-20-17(22)9-8-14-11-19-16-7-5-4-6-15(14)16/h4-7,11,13,19,21H,8-10,12H2,1-3H3,(H,20,22). The number of carbonyl (C=O) groups excluding carboxylic acids is 1. The van der Waals surface area contributed by atoms with Crippen molar-refractivity contribution >= 4 is 16.8 Å². The molecule has 0 spiro atoms. The summed E-state index contributed by atoms with van der Waals surface area (Å²) >= 11 is 0. The molecule has 4 heteroatoms. The van der Waals surface area contributed by atoms with Crippen molar-refractivity contribution in [2.24, 2.45) is 5.41 Å². The molecule has 0 aliphatic carbocycles. The molecule has 22 heavy (non-hydrogen) atoms. The maximum atomic E-state index is 12.0. The van der Waals surface area contributed by atoms with Crippen LogP contribution in [0.5, 0.6) is 0 Å². The van der Waals surface area contributed by atoms with Crippen LogP contribution in [0.25, 0.3) is 10.9 Å². The lowest BCUT2D eigenvalue weighted by Crippen LogP contribution is -2.35. The smallest absolute Gasteiger partial charge is 0.220 e. The quantitative estimate of drug-likeness (QED) is 0.736. The Morgan fingerprint density at radius 1 is 1.36 bits per heavy atom. The van der Waals surface area contributed by atoms with Crippen LogP contribution in [-0.2, 0) is 11.2 Å². The number of rotatable bonds is 7. The van der Waals surface area contributed by atoms with Crippen molar-refractivity contribution in [1.29, 1.82) is 0 Å². The van der Waals surface area contributed by atoms with Crippen molar-refractivity contribution in [3.8, 4) is 0 Å². The highest BCUT2D eigenvalue weighted by atomic mass is 16.3. The first-order chi connectivity index (χ1) is 10.4. The summed E-state index contributed by atoms with van der Waals surface area (Å²) in [4.78, 5) is 15.3. The van der Waals surface area contributed by atoms with Gasteiger partial charge in [-0.05, 0) is 36.8 Å². The van der Waals surface area contributed by atoms with Crippen LogP contribution in [0.2, 0.25) is 0 Å². The van der Waals surface area contributed by atoms with Crippen LogP contribution < -0.4 is 5.32 Å². The fourth-order valence-electron chi connectivity index (χ4n) is 2.88. The molecule has 1 heterocycles. The molecular formula is C18H26N2O2. The van der Waals surface area contributed by atoms with Crippen molar-refractivity contribution in [3.05, 3.63) is 36.0 Å². The maximum absolute atomic E-state index is 12.0. The Labute approximate surface area is 131 Å². The lowest BCUT2D eigenvalue weighted by molar-refractivity contribution is -0.121. The number of nitrogens with one attached hydrogen (secondary N) is 2. The summed E-state index contributed by atoms with van der Waals surface area (Å²) in [5.74, 6) is 0.0592. The molecular weight excluding hydrogens is 276 g/mol. The minimum absolute atomic E-state index is 0.0592. The number of hydrogen-bond acceptors (Lipinski definition) is 2. The lowest BCUT2D eigenvalue weighted by Gasteiger charge is -2.26. The molecule has 0 saturated heterocycles. The number of aromatic nitrogens is 1. The van der Waals surface area contributed by atoms with E-state index >= 15 is 0 Å². The minimum Gasteiger partial charge on any atom is -0.393 e. The highest BCUT2D eigenvalue weighted by molar-refractivity contribution is 5.84. The Balaban J connectivity index is 1.83. The van der Waals surface area contributed by atoms with Gasteiger partial charge in [0.25, 0.3) is 0 Å². The molecule has 1 amide bonds. The Bertz CT molecular complexity index is 629. The summed E-state index contributed by atoms with van der Waals surface area (Å²) in [6, 6.07) is 8.13. The van der Waals surface area contributed by atoms with Crippen LogP contribution in [0.1, 0.15) is 39.2 Å². The van der Waals surface area contributed by atoms with E-state index in [1.165, 1.54) is 10.9 Å². The normalized spacial score (nSPS) is 13.3. The Morgan fingerprint density at radius 3 is 2.82 bits per heavy atom. The third-order valence-corrected chi connectivity index (χ3v) is 3.91. The molecule has 1 unspecified atom stereocenters. The number of aliphatic hydroxyl groups excluding tert-OH is 1. The topological polar surface area (TPSA) is 65.1 Å². The van der Waals surface area contributed by atoms with Crippen molar-refractivity contribution in [2.45, 2.75) is 46.1 Å². The molecule has 2 aromatic rings. The van der Waals surface area contributed by atoms with Gasteiger partial charge in [-0.3, -0.25) is 4.79 Å². The molecule has 2 rings (SSSR count). The van der Waals surface area contributed by atoms with E-state index in [1.807, 2.05) is 24.4 Å². The number of aliphatic hydroxyl groups is 1. The summed E-state index contributed by atoms with van der Waals surface area (Å²) in [6.07, 6.45) is 3.52. The molecule has 0 aliphatic heterocycles. The van der Waals surface area contributed by atoms with Crippen molar-refractivity contribution in [1.82, 2.24) is 10.3 Å². The van der Waals surface area contributed by atoms with E-state index in [9.17, 15) is 9.90 Å². The van der Waals surface area contributed by atoms with Gasteiger partial charge in [-0.15, -0.1) is 0 Å². The molecule has 0 bridgehead atoms. The number of aromatic amines is 1. The third kappa shape index (κ3) is 4.60.